The van der Waals surface area contributed by atoms with Gasteiger partial charge in [0.15, 0.2) is 5.69 Å². The minimum Gasteiger partial charge on any atom is -0.337 e. The van der Waals surface area contributed by atoms with Gasteiger partial charge >= 0.3 is 6.18 Å². The lowest BCUT2D eigenvalue weighted by atomic mass is 10.1. The zero-order valence-corrected chi connectivity index (χ0v) is 12.8. The maximum Gasteiger partial charge on any atom is 0.416 e. The Bertz CT molecular complexity index is 741. The standard InChI is InChI=1S/C16H17F3N4O/c17-16(18,19)12-2-1-3-13(8-12)23-7-5-14(21-23)15(24)22-6-4-11(9-20)10-22/h1-3,5,7-8,11H,4,6,9-10,20H2. The van der Waals surface area contributed by atoms with Crippen molar-refractivity contribution >= 4 is 5.91 Å². The minimum atomic E-state index is -4.42. The van der Waals surface area contributed by atoms with Crippen LogP contribution in [-0.4, -0.2) is 40.2 Å². The summed E-state index contributed by atoms with van der Waals surface area (Å²) in [6.45, 7) is 1.74. The lowest BCUT2D eigenvalue weighted by molar-refractivity contribution is -0.137. The fourth-order valence-corrected chi connectivity index (χ4v) is 2.78. The summed E-state index contributed by atoms with van der Waals surface area (Å²) in [5, 5.41) is 4.13. The average molecular weight is 338 g/mol. The molecular weight excluding hydrogens is 321 g/mol. The van der Waals surface area contributed by atoms with E-state index >= 15 is 0 Å². The van der Waals surface area contributed by atoms with Crippen LogP contribution in [0.15, 0.2) is 36.5 Å². The van der Waals surface area contributed by atoms with Crippen molar-refractivity contribution in [3.8, 4) is 5.69 Å². The fourth-order valence-electron chi connectivity index (χ4n) is 2.78. The van der Waals surface area contributed by atoms with Crippen LogP contribution in [0.4, 0.5) is 13.2 Å². The average Bonchev–Trinajstić information content (AvgIpc) is 3.23. The lowest BCUT2D eigenvalue weighted by Gasteiger charge is -2.14. The molecular formula is C16H17F3N4O. The lowest BCUT2D eigenvalue weighted by Crippen LogP contribution is -2.30. The van der Waals surface area contributed by atoms with Crippen molar-refractivity contribution < 1.29 is 18.0 Å². The van der Waals surface area contributed by atoms with Gasteiger partial charge in [0.1, 0.15) is 0 Å². The second-order valence-corrected chi connectivity index (χ2v) is 5.84. The van der Waals surface area contributed by atoms with Crippen LogP contribution in [0.3, 0.4) is 0 Å². The maximum absolute atomic E-state index is 12.8. The van der Waals surface area contributed by atoms with Gasteiger partial charge in [-0.15, -0.1) is 0 Å². The zero-order valence-electron chi connectivity index (χ0n) is 12.8. The van der Waals surface area contributed by atoms with E-state index in [0.29, 0.717) is 25.6 Å². The molecule has 1 aliphatic rings. The van der Waals surface area contributed by atoms with E-state index in [4.69, 9.17) is 5.73 Å². The zero-order chi connectivity index (χ0) is 17.3. The van der Waals surface area contributed by atoms with Crippen LogP contribution in [0.5, 0.6) is 0 Å². The molecule has 5 nitrogen and oxygen atoms in total. The van der Waals surface area contributed by atoms with Crippen LogP contribution in [0.2, 0.25) is 0 Å². The molecule has 1 aliphatic heterocycles. The largest absolute Gasteiger partial charge is 0.416 e. The molecule has 0 aliphatic carbocycles. The number of alkyl halides is 3. The van der Waals surface area contributed by atoms with E-state index in [-0.39, 0.29) is 17.3 Å². The number of nitrogens with two attached hydrogens (primary N) is 1. The van der Waals surface area contributed by atoms with E-state index < -0.39 is 11.7 Å². The number of benzene rings is 1. The van der Waals surface area contributed by atoms with Crippen LogP contribution in [0.25, 0.3) is 5.69 Å². The molecule has 2 N–H and O–H groups in total. The second-order valence-electron chi connectivity index (χ2n) is 5.84. The topological polar surface area (TPSA) is 64.2 Å². The summed E-state index contributed by atoms with van der Waals surface area (Å²) < 4.78 is 39.6. The Morgan fingerprint density at radius 2 is 2.12 bits per heavy atom. The summed E-state index contributed by atoms with van der Waals surface area (Å²) in [6, 6.07) is 6.33. The van der Waals surface area contributed by atoms with Crippen LogP contribution in [0.1, 0.15) is 22.5 Å². The number of amides is 1. The number of hydrogen-bond acceptors (Lipinski definition) is 3. The number of nitrogens with zero attached hydrogens (tertiary/aromatic N) is 3. The molecule has 1 atom stereocenters. The highest BCUT2D eigenvalue weighted by molar-refractivity contribution is 5.92. The van der Waals surface area contributed by atoms with Gasteiger partial charge in [0.2, 0.25) is 0 Å². The third-order valence-electron chi connectivity index (χ3n) is 4.15. The SMILES string of the molecule is NCC1CCN(C(=O)c2ccn(-c3cccc(C(F)(F)F)c3)n2)C1. The van der Waals surface area contributed by atoms with Gasteiger partial charge in [-0.25, -0.2) is 4.68 Å². The van der Waals surface area contributed by atoms with Gasteiger partial charge in [-0.05, 0) is 43.1 Å². The van der Waals surface area contributed by atoms with Crippen LogP contribution >= 0.6 is 0 Å². The molecule has 0 saturated carbocycles. The van der Waals surface area contributed by atoms with E-state index in [9.17, 15) is 18.0 Å². The normalized spacial score (nSPS) is 18.2. The molecule has 8 heteroatoms. The van der Waals surface area contributed by atoms with E-state index in [1.807, 2.05) is 0 Å². The molecule has 1 amide bonds. The summed E-state index contributed by atoms with van der Waals surface area (Å²) in [4.78, 5) is 14.1. The number of likely N-dealkylation sites (tertiary alicyclic amines) is 1. The number of aromatic nitrogens is 2. The summed E-state index contributed by atoms with van der Waals surface area (Å²) in [6.07, 6.45) is -2.08. The molecule has 128 valence electrons. The third-order valence-corrected chi connectivity index (χ3v) is 4.15. The fraction of sp³-hybridized carbons (Fsp3) is 0.375. The first-order valence-corrected chi connectivity index (χ1v) is 7.61. The Morgan fingerprint density at radius 3 is 2.79 bits per heavy atom. The predicted molar refractivity (Wildman–Crippen MR) is 81.6 cm³/mol. The van der Waals surface area contributed by atoms with Crippen molar-refractivity contribution in [2.75, 3.05) is 19.6 Å². The Hall–Kier alpha value is -2.35. The second kappa shape index (κ2) is 6.27. The number of carbonyl (C=O) groups excluding carboxylic acids is 1. The van der Waals surface area contributed by atoms with Gasteiger partial charge in [0.25, 0.3) is 5.91 Å². The van der Waals surface area contributed by atoms with Crippen molar-refractivity contribution in [1.82, 2.24) is 14.7 Å². The molecule has 1 fully saturated rings. The van der Waals surface area contributed by atoms with Crippen LogP contribution < -0.4 is 5.73 Å². The predicted octanol–water partition coefficient (Wildman–Crippen LogP) is 2.31. The van der Waals surface area contributed by atoms with Gasteiger partial charge in [-0.2, -0.15) is 18.3 Å². The molecule has 1 aromatic carbocycles. The van der Waals surface area contributed by atoms with Gasteiger partial charge in [-0.3, -0.25) is 4.79 Å². The molecule has 1 saturated heterocycles. The molecule has 0 spiro atoms. The number of carbonyl (C=O) groups is 1. The Morgan fingerprint density at radius 1 is 1.33 bits per heavy atom. The van der Waals surface area contributed by atoms with E-state index in [0.717, 1.165) is 18.6 Å². The van der Waals surface area contributed by atoms with Crippen molar-refractivity contribution in [1.29, 1.82) is 0 Å². The minimum absolute atomic E-state index is 0.213. The van der Waals surface area contributed by atoms with E-state index in [2.05, 4.69) is 5.10 Å². The smallest absolute Gasteiger partial charge is 0.337 e. The first-order valence-electron chi connectivity index (χ1n) is 7.61. The first-order chi connectivity index (χ1) is 11.4. The van der Waals surface area contributed by atoms with Crippen molar-refractivity contribution in [2.45, 2.75) is 12.6 Å². The van der Waals surface area contributed by atoms with E-state index in [1.165, 1.54) is 29.1 Å². The van der Waals surface area contributed by atoms with Crippen molar-refractivity contribution in [3.63, 3.8) is 0 Å². The highest BCUT2D eigenvalue weighted by Crippen LogP contribution is 2.30. The van der Waals surface area contributed by atoms with Crippen molar-refractivity contribution in [3.05, 3.63) is 47.8 Å². The van der Waals surface area contributed by atoms with Crippen LogP contribution in [0, 0.1) is 5.92 Å². The van der Waals surface area contributed by atoms with Crippen LogP contribution in [-0.2, 0) is 6.18 Å². The third kappa shape index (κ3) is 3.28. The molecule has 2 heterocycles. The van der Waals surface area contributed by atoms with Gasteiger partial charge < -0.3 is 10.6 Å². The molecule has 0 radical (unpaired) electrons. The molecule has 24 heavy (non-hydrogen) atoms. The number of rotatable bonds is 3. The summed E-state index contributed by atoms with van der Waals surface area (Å²) >= 11 is 0. The number of halogens is 3. The van der Waals surface area contributed by atoms with E-state index in [1.54, 1.807) is 4.90 Å². The molecule has 1 unspecified atom stereocenters. The quantitative estimate of drug-likeness (QED) is 0.934. The highest BCUT2D eigenvalue weighted by atomic mass is 19.4. The Labute approximate surface area is 136 Å². The molecule has 2 aromatic rings. The molecule has 0 bridgehead atoms. The summed E-state index contributed by atoms with van der Waals surface area (Å²) in [5.41, 5.74) is 5.33. The Balaban J connectivity index is 1.80. The van der Waals surface area contributed by atoms with Gasteiger partial charge in [-0.1, -0.05) is 6.07 Å². The van der Waals surface area contributed by atoms with Gasteiger partial charge in [0.05, 0.1) is 11.3 Å². The highest BCUT2D eigenvalue weighted by Gasteiger charge is 2.31. The summed E-state index contributed by atoms with van der Waals surface area (Å²) in [7, 11) is 0. The molecule has 3 rings (SSSR count). The maximum atomic E-state index is 12.8. The monoisotopic (exact) mass is 338 g/mol. The summed E-state index contributed by atoms with van der Waals surface area (Å²) in [5.74, 6) is 0.0659. The molecule has 1 aromatic heterocycles. The first kappa shape index (κ1) is 16.5. The van der Waals surface area contributed by atoms with Gasteiger partial charge in [0, 0.05) is 19.3 Å². The van der Waals surface area contributed by atoms with Crippen molar-refractivity contribution in [2.24, 2.45) is 11.7 Å². The Kier molecular flexibility index (Phi) is 4.31. The number of hydrogen-bond donors (Lipinski definition) is 1.